The highest BCUT2D eigenvalue weighted by atomic mass is 35.5. The maximum atomic E-state index is 13.0. The number of rotatable bonds is 4. The van der Waals surface area contributed by atoms with Crippen molar-refractivity contribution in [3.05, 3.63) is 40.7 Å². The second kappa shape index (κ2) is 5.71. The molecule has 0 saturated heterocycles. The highest BCUT2D eigenvalue weighted by Gasteiger charge is 2.03. The zero-order valence-corrected chi connectivity index (χ0v) is 11.0. The molecule has 0 amide bonds. The maximum absolute atomic E-state index is 13.0. The predicted molar refractivity (Wildman–Crippen MR) is 74.7 cm³/mol. The van der Waals surface area contributed by atoms with Crippen molar-refractivity contribution in [3.63, 3.8) is 0 Å². The van der Waals surface area contributed by atoms with E-state index >= 15 is 0 Å². The van der Waals surface area contributed by atoms with E-state index in [-0.39, 0.29) is 11.0 Å². The Morgan fingerprint density at radius 3 is 2.68 bits per heavy atom. The third-order valence-electron chi connectivity index (χ3n) is 2.46. The summed E-state index contributed by atoms with van der Waals surface area (Å²) in [6.45, 7) is 0.458. The monoisotopic (exact) mass is 281 g/mol. The third-order valence-corrected chi connectivity index (χ3v) is 2.75. The van der Waals surface area contributed by atoms with Crippen LogP contribution in [0, 0.1) is 5.82 Å². The summed E-state index contributed by atoms with van der Waals surface area (Å²) in [4.78, 5) is 8.02. The number of anilines is 3. The van der Waals surface area contributed by atoms with Gasteiger partial charge in [0.25, 0.3) is 0 Å². The van der Waals surface area contributed by atoms with Crippen molar-refractivity contribution in [2.24, 2.45) is 0 Å². The molecule has 0 spiro atoms. The molecular weight excluding hydrogens is 269 g/mol. The Hall–Kier alpha value is -2.08. The van der Waals surface area contributed by atoms with Crippen LogP contribution >= 0.6 is 11.6 Å². The van der Waals surface area contributed by atoms with Crippen molar-refractivity contribution in [1.29, 1.82) is 0 Å². The lowest BCUT2D eigenvalue weighted by molar-refractivity contribution is 0.627. The lowest BCUT2D eigenvalue weighted by atomic mass is 10.2. The van der Waals surface area contributed by atoms with E-state index in [2.05, 4.69) is 20.6 Å². The fourth-order valence-electron chi connectivity index (χ4n) is 1.53. The highest BCUT2D eigenvalue weighted by Crippen LogP contribution is 2.17. The largest absolute Gasteiger partial charge is 0.373 e. The topological polar surface area (TPSA) is 75.9 Å². The van der Waals surface area contributed by atoms with Crippen molar-refractivity contribution in [3.8, 4) is 0 Å². The van der Waals surface area contributed by atoms with Crippen LogP contribution in [0.4, 0.5) is 22.0 Å². The number of nitrogens with two attached hydrogens (primary N) is 1. The van der Waals surface area contributed by atoms with E-state index in [1.807, 2.05) is 0 Å². The smallest absolute Gasteiger partial charge is 0.223 e. The lowest BCUT2D eigenvalue weighted by Crippen LogP contribution is -2.06. The first-order valence-corrected chi connectivity index (χ1v) is 5.96. The molecule has 4 N–H and O–H groups in total. The van der Waals surface area contributed by atoms with Crippen molar-refractivity contribution in [1.82, 2.24) is 9.97 Å². The van der Waals surface area contributed by atoms with Crippen molar-refractivity contribution in [2.45, 2.75) is 6.54 Å². The Bertz CT molecular complexity index is 590. The fourth-order valence-corrected chi connectivity index (χ4v) is 1.73. The molecule has 0 saturated carbocycles. The fraction of sp³-hybridized carbons (Fsp3) is 0.167. The molecule has 0 unspecified atom stereocenters. The quantitative estimate of drug-likeness (QED) is 0.803. The summed E-state index contributed by atoms with van der Waals surface area (Å²) in [7, 11) is 1.74. The molecule has 2 rings (SSSR count). The first-order chi connectivity index (χ1) is 9.08. The van der Waals surface area contributed by atoms with E-state index in [4.69, 9.17) is 17.3 Å². The molecule has 0 fully saturated rings. The summed E-state index contributed by atoms with van der Waals surface area (Å²) >= 11 is 5.71. The van der Waals surface area contributed by atoms with Gasteiger partial charge in [0.2, 0.25) is 5.95 Å². The molecule has 0 aliphatic heterocycles. The maximum Gasteiger partial charge on any atom is 0.223 e. The number of nitrogens with zero attached hydrogens (tertiary/aromatic N) is 2. The molecule has 0 bridgehead atoms. The van der Waals surface area contributed by atoms with Gasteiger partial charge in [-0.05, 0) is 17.7 Å². The van der Waals surface area contributed by atoms with Crippen LogP contribution in [0.25, 0.3) is 0 Å². The number of benzene rings is 1. The molecule has 1 aromatic heterocycles. The molecule has 0 atom stereocenters. The van der Waals surface area contributed by atoms with Crippen LogP contribution in [-0.4, -0.2) is 17.0 Å². The van der Waals surface area contributed by atoms with Crippen LogP contribution in [0.15, 0.2) is 24.3 Å². The van der Waals surface area contributed by atoms with Gasteiger partial charge in [-0.25, -0.2) is 4.39 Å². The summed E-state index contributed by atoms with van der Waals surface area (Å²) in [5.41, 5.74) is 6.42. The number of halogens is 2. The van der Waals surface area contributed by atoms with Crippen molar-refractivity contribution < 1.29 is 4.39 Å². The van der Waals surface area contributed by atoms with Crippen LogP contribution in [0.5, 0.6) is 0 Å². The van der Waals surface area contributed by atoms with Gasteiger partial charge in [0.1, 0.15) is 17.5 Å². The lowest BCUT2D eigenvalue weighted by Gasteiger charge is -2.08. The van der Waals surface area contributed by atoms with Gasteiger partial charge in [0.05, 0.1) is 5.02 Å². The SMILES string of the molecule is CNc1cc(NCc2ccc(F)c(Cl)c2)nc(N)n1. The summed E-state index contributed by atoms with van der Waals surface area (Å²) in [6.07, 6.45) is 0. The van der Waals surface area contributed by atoms with Crippen LogP contribution in [0.1, 0.15) is 5.56 Å². The van der Waals surface area contributed by atoms with Gasteiger partial charge in [-0.3, -0.25) is 0 Å². The van der Waals surface area contributed by atoms with Crippen LogP contribution in [0.3, 0.4) is 0 Å². The normalized spacial score (nSPS) is 10.3. The van der Waals surface area contributed by atoms with Gasteiger partial charge in [-0.15, -0.1) is 0 Å². The number of hydrogen-bond acceptors (Lipinski definition) is 5. The molecule has 0 aliphatic rings. The predicted octanol–water partition coefficient (Wildman–Crippen LogP) is 2.51. The number of nitrogen functional groups attached to an aromatic ring is 1. The molecule has 100 valence electrons. The Kier molecular flexibility index (Phi) is 4.01. The molecule has 0 aliphatic carbocycles. The van der Waals surface area contributed by atoms with E-state index in [9.17, 15) is 4.39 Å². The Labute approximate surface area is 115 Å². The Morgan fingerprint density at radius 2 is 2.00 bits per heavy atom. The van der Waals surface area contributed by atoms with Gasteiger partial charge in [0.15, 0.2) is 0 Å². The Balaban J connectivity index is 2.09. The first kappa shape index (κ1) is 13.4. The number of nitrogens with one attached hydrogen (secondary N) is 2. The minimum Gasteiger partial charge on any atom is -0.373 e. The van der Waals surface area contributed by atoms with Gasteiger partial charge in [-0.1, -0.05) is 17.7 Å². The second-order valence-electron chi connectivity index (χ2n) is 3.85. The molecule has 0 radical (unpaired) electrons. The van der Waals surface area contributed by atoms with Gasteiger partial charge in [-0.2, -0.15) is 9.97 Å². The van der Waals surface area contributed by atoms with Crippen LogP contribution in [0.2, 0.25) is 5.02 Å². The molecule has 5 nitrogen and oxygen atoms in total. The number of aromatic nitrogens is 2. The van der Waals surface area contributed by atoms with Crippen LogP contribution < -0.4 is 16.4 Å². The van der Waals surface area contributed by atoms with Crippen LogP contribution in [-0.2, 0) is 6.54 Å². The minimum absolute atomic E-state index is 0.0948. The summed E-state index contributed by atoms with van der Waals surface area (Å²) in [6, 6.07) is 6.26. The summed E-state index contributed by atoms with van der Waals surface area (Å²) in [5.74, 6) is 0.935. The van der Waals surface area contributed by atoms with E-state index < -0.39 is 5.82 Å². The minimum atomic E-state index is -0.436. The average Bonchev–Trinajstić information content (AvgIpc) is 2.39. The second-order valence-corrected chi connectivity index (χ2v) is 4.26. The standard InChI is InChI=1S/C12H13ClFN5/c1-16-10-5-11(19-12(15)18-10)17-6-7-2-3-9(14)8(13)4-7/h2-5H,6H2,1H3,(H4,15,16,17,18,19). The highest BCUT2D eigenvalue weighted by molar-refractivity contribution is 6.30. The molecule has 19 heavy (non-hydrogen) atoms. The number of hydrogen-bond donors (Lipinski definition) is 3. The van der Waals surface area contributed by atoms with Crippen molar-refractivity contribution >= 4 is 29.2 Å². The molecule has 7 heteroatoms. The first-order valence-electron chi connectivity index (χ1n) is 5.58. The zero-order chi connectivity index (χ0) is 13.8. The molecule has 1 aromatic carbocycles. The van der Waals surface area contributed by atoms with Gasteiger partial charge >= 0.3 is 0 Å². The average molecular weight is 282 g/mol. The van der Waals surface area contributed by atoms with Gasteiger partial charge in [0, 0.05) is 19.7 Å². The van der Waals surface area contributed by atoms with E-state index in [1.54, 1.807) is 25.2 Å². The van der Waals surface area contributed by atoms with E-state index in [0.29, 0.717) is 18.2 Å². The molecular formula is C12H13ClFN5. The Morgan fingerprint density at radius 1 is 1.26 bits per heavy atom. The molecule has 1 heterocycles. The molecule has 2 aromatic rings. The van der Waals surface area contributed by atoms with Crippen molar-refractivity contribution in [2.75, 3.05) is 23.4 Å². The summed E-state index contributed by atoms with van der Waals surface area (Å²) in [5, 5.41) is 6.05. The summed E-state index contributed by atoms with van der Waals surface area (Å²) < 4.78 is 13.0. The van der Waals surface area contributed by atoms with E-state index in [0.717, 1.165) is 5.56 Å². The van der Waals surface area contributed by atoms with Gasteiger partial charge < -0.3 is 16.4 Å². The zero-order valence-electron chi connectivity index (χ0n) is 10.2. The third kappa shape index (κ3) is 3.45. The van der Waals surface area contributed by atoms with E-state index in [1.165, 1.54) is 6.07 Å².